The Balaban J connectivity index is 1.68. The summed E-state index contributed by atoms with van der Waals surface area (Å²) in [6.45, 7) is 0. The lowest BCUT2D eigenvalue weighted by molar-refractivity contribution is -0.402. The molecular formula is C19H12BrN5O3. The summed E-state index contributed by atoms with van der Waals surface area (Å²) < 4.78 is 5.95. The predicted molar refractivity (Wildman–Crippen MR) is 109 cm³/mol. The van der Waals surface area contributed by atoms with Gasteiger partial charge in [0.1, 0.15) is 4.92 Å². The lowest BCUT2D eigenvalue weighted by Crippen LogP contribution is -1.99. The van der Waals surface area contributed by atoms with E-state index in [-0.39, 0.29) is 11.6 Å². The van der Waals surface area contributed by atoms with Gasteiger partial charge in [-0.05, 0) is 24.3 Å². The topological polar surface area (TPSA) is 106 Å². The van der Waals surface area contributed by atoms with Crippen LogP contribution in [0.25, 0.3) is 22.2 Å². The number of benzene rings is 2. The van der Waals surface area contributed by atoms with E-state index in [1.807, 2.05) is 48.5 Å². The Morgan fingerprint density at radius 3 is 2.68 bits per heavy atom. The van der Waals surface area contributed by atoms with Crippen LogP contribution in [0.3, 0.4) is 0 Å². The van der Waals surface area contributed by atoms with E-state index in [1.54, 1.807) is 0 Å². The highest BCUT2D eigenvalue weighted by molar-refractivity contribution is 9.10. The molecule has 1 N–H and O–H groups in total. The maximum absolute atomic E-state index is 10.7. The van der Waals surface area contributed by atoms with Crippen LogP contribution in [0.4, 0.5) is 11.8 Å². The fourth-order valence-electron chi connectivity index (χ4n) is 2.63. The van der Waals surface area contributed by atoms with Gasteiger partial charge in [-0.2, -0.15) is 5.10 Å². The molecule has 28 heavy (non-hydrogen) atoms. The van der Waals surface area contributed by atoms with E-state index in [0.29, 0.717) is 5.95 Å². The van der Waals surface area contributed by atoms with Crippen molar-refractivity contribution in [3.05, 3.63) is 81.0 Å². The molecule has 0 spiro atoms. The van der Waals surface area contributed by atoms with Crippen molar-refractivity contribution in [3.63, 3.8) is 0 Å². The monoisotopic (exact) mass is 437 g/mol. The number of hydrogen-bond acceptors (Lipinski definition) is 7. The molecule has 0 fully saturated rings. The third-order valence-corrected chi connectivity index (χ3v) is 4.35. The second kappa shape index (κ2) is 7.57. The van der Waals surface area contributed by atoms with E-state index in [1.165, 1.54) is 18.3 Å². The Labute approximate surface area is 167 Å². The minimum Gasteiger partial charge on any atom is -0.400 e. The molecule has 2 aromatic heterocycles. The summed E-state index contributed by atoms with van der Waals surface area (Å²) in [7, 11) is 0. The summed E-state index contributed by atoms with van der Waals surface area (Å²) in [5.74, 6) is 0.193. The van der Waals surface area contributed by atoms with E-state index in [2.05, 4.69) is 36.4 Å². The zero-order valence-corrected chi connectivity index (χ0v) is 15.8. The standard InChI is InChI=1S/C19H12BrN5O3/c20-13-6-8-16-15(10-13)18(12-4-2-1-3-5-12)23-19(22-16)24-21-11-14-7-9-17(28-14)25(26)27/h1-11H,(H,22,23,24). The average molecular weight is 438 g/mol. The van der Waals surface area contributed by atoms with Gasteiger partial charge in [-0.1, -0.05) is 46.3 Å². The van der Waals surface area contributed by atoms with Gasteiger partial charge in [-0.3, -0.25) is 10.1 Å². The highest BCUT2D eigenvalue weighted by atomic mass is 79.9. The molecule has 2 heterocycles. The van der Waals surface area contributed by atoms with E-state index in [0.717, 1.165) is 26.6 Å². The van der Waals surface area contributed by atoms with Gasteiger partial charge in [-0.15, -0.1) is 0 Å². The van der Waals surface area contributed by atoms with Gasteiger partial charge in [0.2, 0.25) is 5.95 Å². The Morgan fingerprint density at radius 1 is 1.11 bits per heavy atom. The summed E-state index contributed by atoms with van der Waals surface area (Å²) in [5.41, 5.74) is 5.22. The van der Waals surface area contributed by atoms with Crippen LogP contribution < -0.4 is 5.43 Å². The first-order valence-electron chi connectivity index (χ1n) is 8.16. The number of nitro groups is 1. The molecular weight excluding hydrogens is 426 g/mol. The van der Waals surface area contributed by atoms with Crippen molar-refractivity contribution in [1.82, 2.24) is 9.97 Å². The number of fused-ring (bicyclic) bond motifs is 1. The number of anilines is 1. The first kappa shape index (κ1) is 17.8. The smallest absolute Gasteiger partial charge is 0.400 e. The number of halogens is 1. The van der Waals surface area contributed by atoms with Crippen LogP contribution in [0.1, 0.15) is 5.76 Å². The molecule has 4 rings (SSSR count). The molecule has 0 atom stereocenters. The molecule has 2 aromatic carbocycles. The van der Waals surface area contributed by atoms with E-state index in [4.69, 9.17) is 4.42 Å². The fraction of sp³-hybridized carbons (Fsp3) is 0. The quantitative estimate of drug-likeness (QED) is 0.267. The van der Waals surface area contributed by atoms with Crippen molar-refractivity contribution in [2.24, 2.45) is 5.10 Å². The number of rotatable bonds is 5. The van der Waals surface area contributed by atoms with E-state index >= 15 is 0 Å². The fourth-order valence-corrected chi connectivity index (χ4v) is 2.99. The summed E-state index contributed by atoms with van der Waals surface area (Å²) in [5, 5.41) is 15.6. The average Bonchev–Trinajstić information content (AvgIpc) is 3.18. The highest BCUT2D eigenvalue weighted by Crippen LogP contribution is 2.29. The van der Waals surface area contributed by atoms with Crippen molar-refractivity contribution < 1.29 is 9.34 Å². The van der Waals surface area contributed by atoms with Crippen LogP contribution in [0, 0.1) is 10.1 Å². The van der Waals surface area contributed by atoms with Crippen LogP contribution in [0.15, 0.2) is 74.7 Å². The third kappa shape index (κ3) is 3.74. The van der Waals surface area contributed by atoms with Gasteiger partial charge in [-0.25, -0.2) is 15.4 Å². The molecule has 0 saturated heterocycles. The lowest BCUT2D eigenvalue weighted by Gasteiger charge is -2.09. The molecule has 0 radical (unpaired) electrons. The van der Waals surface area contributed by atoms with Crippen molar-refractivity contribution in [2.75, 3.05) is 5.43 Å². The zero-order valence-electron chi connectivity index (χ0n) is 14.2. The van der Waals surface area contributed by atoms with Crippen molar-refractivity contribution in [3.8, 4) is 11.3 Å². The van der Waals surface area contributed by atoms with Crippen molar-refractivity contribution >= 4 is 44.9 Å². The number of hydrogen-bond donors (Lipinski definition) is 1. The van der Waals surface area contributed by atoms with Gasteiger partial charge in [0.05, 0.1) is 23.5 Å². The number of nitrogens with one attached hydrogen (secondary N) is 1. The maximum Gasteiger partial charge on any atom is 0.433 e. The molecule has 0 aliphatic rings. The molecule has 0 aliphatic heterocycles. The summed E-state index contributed by atoms with van der Waals surface area (Å²) >= 11 is 3.48. The van der Waals surface area contributed by atoms with E-state index < -0.39 is 4.92 Å². The number of hydrazone groups is 1. The van der Waals surface area contributed by atoms with Crippen LogP contribution in [0.5, 0.6) is 0 Å². The van der Waals surface area contributed by atoms with Crippen LogP contribution in [-0.2, 0) is 0 Å². The molecule has 0 amide bonds. The Bertz CT molecular complexity index is 1190. The molecule has 8 nitrogen and oxygen atoms in total. The maximum atomic E-state index is 10.7. The minimum absolute atomic E-state index is 0.243. The van der Waals surface area contributed by atoms with Gasteiger partial charge in [0.15, 0.2) is 5.76 Å². The predicted octanol–water partition coefficient (Wildman–Crippen LogP) is 5.01. The van der Waals surface area contributed by atoms with Crippen molar-refractivity contribution in [2.45, 2.75) is 0 Å². The number of furan rings is 1. The molecule has 0 bridgehead atoms. The largest absolute Gasteiger partial charge is 0.433 e. The molecule has 0 saturated carbocycles. The second-order valence-electron chi connectivity index (χ2n) is 5.73. The molecule has 4 aromatic rings. The van der Waals surface area contributed by atoms with E-state index in [9.17, 15) is 10.1 Å². The first-order valence-corrected chi connectivity index (χ1v) is 8.95. The van der Waals surface area contributed by atoms with Crippen LogP contribution in [0.2, 0.25) is 0 Å². The zero-order chi connectivity index (χ0) is 19.5. The lowest BCUT2D eigenvalue weighted by atomic mass is 10.1. The summed E-state index contributed by atoms with van der Waals surface area (Å²) in [4.78, 5) is 19.1. The molecule has 138 valence electrons. The summed E-state index contributed by atoms with van der Waals surface area (Å²) in [6, 6.07) is 18.2. The SMILES string of the molecule is O=[N+]([O-])c1ccc(C=NNc2nc(-c3ccccc3)c3cc(Br)ccc3n2)o1. The van der Waals surface area contributed by atoms with Crippen molar-refractivity contribution in [1.29, 1.82) is 0 Å². The van der Waals surface area contributed by atoms with Gasteiger partial charge in [0.25, 0.3) is 0 Å². The van der Waals surface area contributed by atoms with Crippen LogP contribution in [-0.4, -0.2) is 21.1 Å². The highest BCUT2D eigenvalue weighted by Gasteiger charge is 2.11. The van der Waals surface area contributed by atoms with Gasteiger partial charge < -0.3 is 4.42 Å². The number of nitrogens with zero attached hydrogens (tertiary/aromatic N) is 4. The first-order chi connectivity index (χ1) is 13.6. The number of aromatic nitrogens is 2. The molecule has 9 heteroatoms. The molecule has 0 aliphatic carbocycles. The second-order valence-corrected chi connectivity index (χ2v) is 6.64. The van der Waals surface area contributed by atoms with Gasteiger partial charge in [0, 0.05) is 15.4 Å². The molecule has 0 unspecified atom stereocenters. The Kier molecular flexibility index (Phi) is 4.81. The summed E-state index contributed by atoms with van der Waals surface area (Å²) in [6.07, 6.45) is 1.32. The van der Waals surface area contributed by atoms with Crippen LogP contribution >= 0.6 is 15.9 Å². The Hall–Kier alpha value is -3.59. The van der Waals surface area contributed by atoms with Gasteiger partial charge >= 0.3 is 5.88 Å². The minimum atomic E-state index is -0.610. The Morgan fingerprint density at radius 2 is 1.93 bits per heavy atom. The third-order valence-electron chi connectivity index (χ3n) is 3.85. The normalized spacial score (nSPS) is 11.2.